The van der Waals surface area contributed by atoms with Crippen LogP contribution in [0.1, 0.15) is 28.4 Å². The molecule has 1 aromatic heterocycles. The van der Waals surface area contributed by atoms with Gasteiger partial charge in [0.05, 0.1) is 17.9 Å². The van der Waals surface area contributed by atoms with Gasteiger partial charge in [-0.2, -0.15) is 0 Å². The average Bonchev–Trinajstić information content (AvgIpc) is 2.70. The zero-order valence-corrected chi connectivity index (χ0v) is 10.7. The van der Waals surface area contributed by atoms with E-state index in [9.17, 15) is 0 Å². The first-order chi connectivity index (χ1) is 8.15. The highest BCUT2D eigenvalue weighted by molar-refractivity contribution is 5.39. The van der Waals surface area contributed by atoms with Crippen LogP contribution in [0.3, 0.4) is 0 Å². The van der Waals surface area contributed by atoms with Crippen LogP contribution >= 0.6 is 0 Å². The fourth-order valence-electron chi connectivity index (χ4n) is 2.28. The SMILES string of the molecule is CNC(c1c(C)cccc1C)c1cnnn1C. The molecule has 1 N–H and O–H groups in total. The predicted octanol–water partition coefficient (Wildman–Crippen LogP) is 1.74. The Kier molecular flexibility index (Phi) is 3.24. The molecular formula is C13H18N4. The summed E-state index contributed by atoms with van der Waals surface area (Å²) in [6, 6.07) is 6.49. The maximum absolute atomic E-state index is 4.00. The van der Waals surface area contributed by atoms with Gasteiger partial charge < -0.3 is 5.32 Å². The maximum atomic E-state index is 4.00. The van der Waals surface area contributed by atoms with Crippen LogP contribution < -0.4 is 5.32 Å². The van der Waals surface area contributed by atoms with Crippen LogP contribution in [0.15, 0.2) is 24.4 Å². The molecule has 1 unspecified atom stereocenters. The van der Waals surface area contributed by atoms with Crippen molar-refractivity contribution >= 4 is 0 Å². The zero-order valence-electron chi connectivity index (χ0n) is 10.7. The first-order valence-corrected chi connectivity index (χ1v) is 5.73. The summed E-state index contributed by atoms with van der Waals surface area (Å²) < 4.78 is 1.81. The number of hydrogen-bond acceptors (Lipinski definition) is 3. The lowest BCUT2D eigenvalue weighted by Gasteiger charge is -2.20. The summed E-state index contributed by atoms with van der Waals surface area (Å²) in [7, 11) is 3.88. The van der Waals surface area contributed by atoms with E-state index in [0.29, 0.717) is 0 Å². The Morgan fingerprint density at radius 3 is 2.35 bits per heavy atom. The topological polar surface area (TPSA) is 42.7 Å². The molecule has 90 valence electrons. The Morgan fingerprint density at radius 1 is 1.24 bits per heavy atom. The number of nitrogens with zero attached hydrogens (tertiary/aromatic N) is 3. The quantitative estimate of drug-likeness (QED) is 0.873. The van der Waals surface area contributed by atoms with Crippen molar-refractivity contribution < 1.29 is 0 Å². The molecule has 0 aliphatic heterocycles. The fourth-order valence-corrected chi connectivity index (χ4v) is 2.28. The second-order valence-electron chi connectivity index (χ2n) is 4.31. The van der Waals surface area contributed by atoms with Gasteiger partial charge in [-0.05, 0) is 37.6 Å². The maximum Gasteiger partial charge on any atom is 0.0798 e. The largest absolute Gasteiger partial charge is 0.308 e. The number of nitrogens with one attached hydrogen (secondary N) is 1. The summed E-state index contributed by atoms with van der Waals surface area (Å²) in [5.41, 5.74) is 4.95. The molecular weight excluding hydrogens is 212 g/mol. The van der Waals surface area contributed by atoms with Crippen LogP contribution in [0.25, 0.3) is 0 Å². The summed E-state index contributed by atoms with van der Waals surface area (Å²) in [5, 5.41) is 11.3. The summed E-state index contributed by atoms with van der Waals surface area (Å²) in [5.74, 6) is 0. The van der Waals surface area contributed by atoms with Crippen molar-refractivity contribution in [1.82, 2.24) is 20.3 Å². The van der Waals surface area contributed by atoms with Crippen molar-refractivity contribution in [2.45, 2.75) is 19.9 Å². The Morgan fingerprint density at radius 2 is 1.88 bits per heavy atom. The number of aryl methyl sites for hydroxylation is 3. The third-order valence-electron chi connectivity index (χ3n) is 3.16. The van der Waals surface area contributed by atoms with E-state index in [-0.39, 0.29) is 6.04 Å². The molecule has 1 atom stereocenters. The lowest BCUT2D eigenvalue weighted by Crippen LogP contribution is -2.22. The molecule has 4 nitrogen and oxygen atoms in total. The normalized spacial score (nSPS) is 12.7. The van der Waals surface area contributed by atoms with Gasteiger partial charge in [0.15, 0.2) is 0 Å². The van der Waals surface area contributed by atoms with Crippen molar-refractivity contribution in [2.24, 2.45) is 7.05 Å². The first kappa shape index (κ1) is 11.8. The molecule has 1 aromatic carbocycles. The monoisotopic (exact) mass is 230 g/mol. The first-order valence-electron chi connectivity index (χ1n) is 5.73. The predicted molar refractivity (Wildman–Crippen MR) is 67.8 cm³/mol. The highest BCUT2D eigenvalue weighted by Gasteiger charge is 2.19. The lowest BCUT2D eigenvalue weighted by atomic mass is 9.94. The molecule has 0 spiro atoms. The van der Waals surface area contributed by atoms with Gasteiger partial charge in [-0.25, -0.2) is 0 Å². The van der Waals surface area contributed by atoms with Crippen molar-refractivity contribution in [3.8, 4) is 0 Å². The molecule has 1 heterocycles. The molecule has 0 amide bonds. The van der Waals surface area contributed by atoms with Gasteiger partial charge in [-0.1, -0.05) is 23.4 Å². The molecule has 0 aliphatic rings. The van der Waals surface area contributed by atoms with E-state index in [1.165, 1.54) is 16.7 Å². The van der Waals surface area contributed by atoms with Gasteiger partial charge in [0.25, 0.3) is 0 Å². The third-order valence-corrected chi connectivity index (χ3v) is 3.16. The van der Waals surface area contributed by atoms with E-state index in [2.05, 4.69) is 47.7 Å². The van der Waals surface area contributed by atoms with Crippen LogP contribution in [0.5, 0.6) is 0 Å². The summed E-state index contributed by atoms with van der Waals surface area (Å²) in [4.78, 5) is 0. The molecule has 0 radical (unpaired) electrons. The van der Waals surface area contributed by atoms with Gasteiger partial charge in [-0.3, -0.25) is 4.68 Å². The van der Waals surface area contributed by atoms with Gasteiger partial charge >= 0.3 is 0 Å². The minimum absolute atomic E-state index is 0.135. The molecule has 0 aliphatic carbocycles. The van der Waals surface area contributed by atoms with Crippen molar-refractivity contribution in [3.05, 3.63) is 46.8 Å². The lowest BCUT2D eigenvalue weighted by molar-refractivity contribution is 0.594. The summed E-state index contributed by atoms with van der Waals surface area (Å²) in [6.45, 7) is 4.27. The smallest absolute Gasteiger partial charge is 0.0798 e. The Balaban J connectivity index is 2.53. The van der Waals surface area contributed by atoms with Gasteiger partial charge in [0.1, 0.15) is 0 Å². The molecule has 0 saturated carbocycles. The van der Waals surface area contributed by atoms with E-state index in [4.69, 9.17) is 0 Å². The highest BCUT2D eigenvalue weighted by Crippen LogP contribution is 2.26. The summed E-state index contributed by atoms with van der Waals surface area (Å²) >= 11 is 0. The number of hydrogen-bond donors (Lipinski definition) is 1. The zero-order chi connectivity index (χ0) is 12.4. The van der Waals surface area contributed by atoms with Crippen molar-refractivity contribution in [2.75, 3.05) is 7.05 Å². The molecule has 0 bridgehead atoms. The molecule has 4 heteroatoms. The van der Waals surface area contributed by atoms with Gasteiger partial charge in [0, 0.05) is 7.05 Å². The van der Waals surface area contributed by atoms with Gasteiger partial charge in [-0.15, -0.1) is 5.10 Å². The van der Waals surface area contributed by atoms with Gasteiger partial charge in [0.2, 0.25) is 0 Å². The minimum atomic E-state index is 0.135. The highest BCUT2D eigenvalue weighted by atomic mass is 15.4. The molecule has 17 heavy (non-hydrogen) atoms. The second kappa shape index (κ2) is 4.67. The molecule has 2 aromatic rings. The summed E-state index contributed by atoms with van der Waals surface area (Å²) in [6.07, 6.45) is 1.81. The van der Waals surface area contributed by atoms with E-state index in [1.807, 2.05) is 25.0 Å². The van der Waals surface area contributed by atoms with E-state index in [0.717, 1.165) is 5.69 Å². The van der Waals surface area contributed by atoms with Crippen LogP contribution in [0.2, 0.25) is 0 Å². The standard InChI is InChI=1S/C13H18N4/c1-9-6-5-7-10(2)12(9)13(14-3)11-8-15-16-17(11)4/h5-8,13-14H,1-4H3. The minimum Gasteiger partial charge on any atom is -0.308 e. The number of aromatic nitrogens is 3. The number of rotatable bonds is 3. The molecule has 2 rings (SSSR count). The molecule has 0 saturated heterocycles. The van der Waals surface area contributed by atoms with E-state index >= 15 is 0 Å². The van der Waals surface area contributed by atoms with Crippen LogP contribution in [-0.2, 0) is 7.05 Å². The third kappa shape index (κ3) is 2.08. The van der Waals surface area contributed by atoms with Crippen LogP contribution in [-0.4, -0.2) is 22.0 Å². The Bertz CT molecular complexity index is 496. The Hall–Kier alpha value is -1.68. The second-order valence-corrected chi connectivity index (χ2v) is 4.31. The molecule has 0 fully saturated rings. The van der Waals surface area contributed by atoms with Crippen LogP contribution in [0, 0.1) is 13.8 Å². The average molecular weight is 230 g/mol. The fraction of sp³-hybridized carbons (Fsp3) is 0.385. The van der Waals surface area contributed by atoms with Crippen LogP contribution in [0.4, 0.5) is 0 Å². The Labute approximate surface area is 102 Å². The van der Waals surface area contributed by atoms with Crippen molar-refractivity contribution in [1.29, 1.82) is 0 Å². The van der Waals surface area contributed by atoms with E-state index in [1.54, 1.807) is 0 Å². The van der Waals surface area contributed by atoms with E-state index < -0.39 is 0 Å². The van der Waals surface area contributed by atoms with Crippen molar-refractivity contribution in [3.63, 3.8) is 0 Å². The number of benzene rings is 1.